The minimum absolute atomic E-state index is 0.0217. The van der Waals surface area contributed by atoms with Gasteiger partial charge in [-0.05, 0) is 40.0 Å². The van der Waals surface area contributed by atoms with Crippen molar-refractivity contribution in [3.63, 3.8) is 0 Å². The number of amides is 1. The SMILES string of the molecule is CC(C)(C)OC(=O)NCCN1CCc2c(nc(C3CC3)[nH]c2=O)C1. The van der Waals surface area contributed by atoms with Crippen LogP contribution in [0.25, 0.3) is 0 Å². The first kappa shape index (κ1) is 17.0. The summed E-state index contributed by atoms with van der Waals surface area (Å²) in [7, 11) is 0. The van der Waals surface area contributed by atoms with Crippen molar-refractivity contribution in [1.82, 2.24) is 20.2 Å². The van der Waals surface area contributed by atoms with E-state index in [0.717, 1.165) is 36.5 Å². The minimum Gasteiger partial charge on any atom is -0.444 e. The summed E-state index contributed by atoms with van der Waals surface area (Å²) in [5, 5.41) is 2.77. The highest BCUT2D eigenvalue weighted by Gasteiger charge is 2.29. The van der Waals surface area contributed by atoms with Gasteiger partial charge in [0, 0.05) is 37.7 Å². The molecule has 0 radical (unpaired) electrons. The Morgan fingerprint density at radius 3 is 2.83 bits per heavy atom. The second-order valence-corrected chi connectivity index (χ2v) is 7.61. The zero-order chi connectivity index (χ0) is 17.3. The number of aromatic nitrogens is 2. The Bertz CT molecular complexity index is 673. The largest absolute Gasteiger partial charge is 0.444 e. The smallest absolute Gasteiger partial charge is 0.407 e. The quantitative estimate of drug-likeness (QED) is 0.872. The maximum atomic E-state index is 12.2. The molecule has 2 aliphatic rings. The molecule has 0 unspecified atom stereocenters. The second-order valence-electron chi connectivity index (χ2n) is 7.61. The number of ether oxygens (including phenoxy) is 1. The average Bonchev–Trinajstić information content (AvgIpc) is 3.29. The summed E-state index contributed by atoms with van der Waals surface area (Å²) in [5.41, 5.74) is 1.24. The molecule has 1 aromatic heterocycles. The molecule has 1 fully saturated rings. The van der Waals surface area contributed by atoms with Crippen LogP contribution in [0, 0.1) is 0 Å². The van der Waals surface area contributed by atoms with E-state index in [2.05, 4.69) is 20.2 Å². The lowest BCUT2D eigenvalue weighted by atomic mass is 10.1. The lowest BCUT2D eigenvalue weighted by Gasteiger charge is -2.28. The zero-order valence-corrected chi connectivity index (χ0v) is 14.6. The maximum Gasteiger partial charge on any atom is 0.407 e. The molecule has 1 aromatic rings. The first-order chi connectivity index (χ1) is 11.3. The third-order valence-corrected chi connectivity index (χ3v) is 4.23. The van der Waals surface area contributed by atoms with Crippen LogP contribution < -0.4 is 10.9 Å². The van der Waals surface area contributed by atoms with Crippen molar-refractivity contribution in [2.24, 2.45) is 0 Å². The van der Waals surface area contributed by atoms with E-state index in [4.69, 9.17) is 4.74 Å². The molecule has 1 saturated carbocycles. The molecule has 24 heavy (non-hydrogen) atoms. The molecule has 7 nitrogen and oxygen atoms in total. The van der Waals surface area contributed by atoms with Gasteiger partial charge in [-0.25, -0.2) is 9.78 Å². The molecular formula is C17H26N4O3. The number of carbonyl (C=O) groups is 1. The van der Waals surface area contributed by atoms with Crippen molar-refractivity contribution < 1.29 is 9.53 Å². The molecule has 0 atom stereocenters. The van der Waals surface area contributed by atoms with Gasteiger partial charge in [-0.1, -0.05) is 0 Å². The molecule has 0 saturated heterocycles. The van der Waals surface area contributed by atoms with Gasteiger partial charge in [-0.15, -0.1) is 0 Å². The Labute approximate surface area is 141 Å². The number of nitrogens with one attached hydrogen (secondary N) is 2. The van der Waals surface area contributed by atoms with Gasteiger partial charge in [0.05, 0.1) is 5.69 Å². The molecule has 0 aromatic carbocycles. The maximum absolute atomic E-state index is 12.2. The van der Waals surface area contributed by atoms with Gasteiger partial charge in [-0.3, -0.25) is 9.69 Å². The average molecular weight is 334 g/mol. The molecular weight excluding hydrogens is 308 g/mol. The van der Waals surface area contributed by atoms with Crippen LogP contribution in [0.3, 0.4) is 0 Å². The lowest BCUT2D eigenvalue weighted by Crippen LogP contribution is -2.41. The number of carbonyl (C=O) groups excluding carboxylic acids is 1. The van der Waals surface area contributed by atoms with Gasteiger partial charge in [0.2, 0.25) is 0 Å². The molecule has 2 heterocycles. The van der Waals surface area contributed by atoms with Gasteiger partial charge in [0.1, 0.15) is 11.4 Å². The number of H-pyrrole nitrogens is 1. The highest BCUT2D eigenvalue weighted by molar-refractivity contribution is 5.67. The molecule has 1 aliphatic heterocycles. The standard InChI is InChI=1S/C17H26N4O3/c1-17(2,3)24-16(23)18-7-9-21-8-6-12-13(10-21)19-14(11-4-5-11)20-15(12)22/h11H,4-10H2,1-3H3,(H,18,23)(H,19,20,22). The van der Waals surface area contributed by atoms with E-state index >= 15 is 0 Å². The summed E-state index contributed by atoms with van der Waals surface area (Å²) in [6.07, 6.45) is 2.54. The fourth-order valence-corrected chi connectivity index (χ4v) is 2.88. The molecule has 0 bridgehead atoms. The van der Waals surface area contributed by atoms with Crippen LogP contribution in [0.1, 0.15) is 56.6 Å². The number of hydrogen-bond acceptors (Lipinski definition) is 5. The molecule has 132 valence electrons. The van der Waals surface area contributed by atoms with Crippen molar-refractivity contribution >= 4 is 6.09 Å². The van der Waals surface area contributed by atoms with Gasteiger partial charge >= 0.3 is 6.09 Å². The minimum atomic E-state index is -0.488. The van der Waals surface area contributed by atoms with Crippen LogP contribution >= 0.6 is 0 Å². The number of rotatable bonds is 4. The fourth-order valence-electron chi connectivity index (χ4n) is 2.88. The topological polar surface area (TPSA) is 87.3 Å². The highest BCUT2D eigenvalue weighted by atomic mass is 16.6. The van der Waals surface area contributed by atoms with Crippen LogP contribution in [0.4, 0.5) is 4.79 Å². The number of fused-ring (bicyclic) bond motifs is 1. The van der Waals surface area contributed by atoms with Crippen LogP contribution in [-0.2, 0) is 17.7 Å². The Hall–Kier alpha value is -1.89. The van der Waals surface area contributed by atoms with Crippen molar-refractivity contribution in [3.8, 4) is 0 Å². The van der Waals surface area contributed by atoms with E-state index < -0.39 is 11.7 Å². The van der Waals surface area contributed by atoms with E-state index in [9.17, 15) is 9.59 Å². The van der Waals surface area contributed by atoms with Crippen molar-refractivity contribution in [2.45, 2.75) is 58.1 Å². The van der Waals surface area contributed by atoms with Crippen LogP contribution in [0.15, 0.2) is 4.79 Å². The number of alkyl carbamates (subject to hydrolysis) is 1. The first-order valence-corrected chi connectivity index (χ1v) is 8.63. The van der Waals surface area contributed by atoms with E-state index in [-0.39, 0.29) is 5.56 Å². The molecule has 1 aliphatic carbocycles. The van der Waals surface area contributed by atoms with Crippen molar-refractivity contribution in [2.75, 3.05) is 19.6 Å². The van der Waals surface area contributed by atoms with Crippen molar-refractivity contribution in [3.05, 3.63) is 27.4 Å². The molecule has 2 N–H and O–H groups in total. The van der Waals surface area contributed by atoms with E-state index in [1.165, 1.54) is 0 Å². The van der Waals surface area contributed by atoms with Crippen LogP contribution in [-0.4, -0.2) is 46.2 Å². The van der Waals surface area contributed by atoms with E-state index in [1.54, 1.807) is 0 Å². The summed E-state index contributed by atoms with van der Waals surface area (Å²) in [5.74, 6) is 1.28. The van der Waals surface area contributed by atoms with Gasteiger partial charge in [-0.2, -0.15) is 0 Å². The number of hydrogen-bond donors (Lipinski definition) is 2. The highest BCUT2D eigenvalue weighted by Crippen LogP contribution is 2.37. The molecule has 7 heteroatoms. The number of aromatic amines is 1. The Kier molecular flexibility index (Phi) is 4.62. The summed E-state index contributed by atoms with van der Waals surface area (Å²) in [6, 6.07) is 0. The van der Waals surface area contributed by atoms with Crippen molar-refractivity contribution in [1.29, 1.82) is 0 Å². The van der Waals surface area contributed by atoms with Crippen LogP contribution in [0.5, 0.6) is 0 Å². The predicted molar refractivity (Wildman–Crippen MR) is 90.1 cm³/mol. The third kappa shape index (κ3) is 4.35. The number of nitrogens with zero attached hydrogens (tertiary/aromatic N) is 2. The molecule has 1 amide bonds. The summed E-state index contributed by atoms with van der Waals surface area (Å²) >= 11 is 0. The van der Waals surface area contributed by atoms with Gasteiger partial charge in [0.25, 0.3) is 5.56 Å². The molecule has 3 rings (SSSR count). The fraction of sp³-hybridized carbons (Fsp3) is 0.706. The normalized spacial score (nSPS) is 18.1. The third-order valence-electron chi connectivity index (χ3n) is 4.23. The molecule has 0 spiro atoms. The lowest BCUT2D eigenvalue weighted by molar-refractivity contribution is 0.0521. The first-order valence-electron chi connectivity index (χ1n) is 8.63. The van der Waals surface area contributed by atoms with Gasteiger partial charge in [0.15, 0.2) is 0 Å². The van der Waals surface area contributed by atoms with Crippen LogP contribution in [0.2, 0.25) is 0 Å². The summed E-state index contributed by atoms with van der Waals surface area (Å²) < 4.78 is 5.22. The zero-order valence-electron chi connectivity index (χ0n) is 14.6. The summed E-state index contributed by atoms with van der Waals surface area (Å²) in [6.45, 7) is 8.22. The Balaban J connectivity index is 1.53. The monoisotopic (exact) mass is 334 g/mol. The summed E-state index contributed by atoms with van der Waals surface area (Å²) in [4.78, 5) is 33.6. The predicted octanol–water partition coefficient (Wildman–Crippen LogP) is 1.53. The van der Waals surface area contributed by atoms with Gasteiger partial charge < -0.3 is 15.0 Å². The van der Waals surface area contributed by atoms with E-state index in [0.29, 0.717) is 32.0 Å². The Morgan fingerprint density at radius 1 is 1.42 bits per heavy atom. The second kappa shape index (κ2) is 6.55. The van der Waals surface area contributed by atoms with E-state index in [1.807, 2.05) is 20.8 Å². The Morgan fingerprint density at radius 2 is 2.17 bits per heavy atom.